The number of benzene rings is 2. The van der Waals surface area contributed by atoms with Gasteiger partial charge in [0.05, 0.1) is 11.6 Å². The van der Waals surface area contributed by atoms with Crippen molar-refractivity contribution in [3.8, 4) is 17.6 Å². The van der Waals surface area contributed by atoms with Crippen LogP contribution in [0.3, 0.4) is 0 Å². The molecule has 0 aliphatic heterocycles. The van der Waals surface area contributed by atoms with Crippen molar-refractivity contribution in [2.24, 2.45) is 0 Å². The predicted octanol–water partition coefficient (Wildman–Crippen LogP) is 3.59. The number of rotatable bonds is 4. The molecule has 0 atom stereocenters. The molecule has 0 saturated heterocycles. The molecule has 4 nitrogen and oxygen atoms in total. The molecular weight excluding hydrogens is 273 g/mol. The maximum atomic E-state index is 13.7. The zero-order valence-corrected chi connectivity index (χ0v) is 10.8. The lowest BCUT2D eigenvalue weighted by atomic mass is 10.2. The largest absolute Gasteiger partial charge is 0.478 e. The molecule has 104 valence electrons. The van der Waals surface area contributed by atoms with Crippen LogP contribution in [0.1, 0.15) is 11.1 Å². The van der Waals surface area contributed by atoms with Crippen molar-refractivity contribution >= 4 is 12.0 Å². The molecule has 0 heterocycles. The number of carbonyl (C=O) groups is 1. The van der Waals surface area contributed by atoms with Crippen LogP contribution in [-0.2, 0) is 4.79 Å². The summed E-state index contributed by atoms with van der Waals surface area (Å²) in [5.41, 5.74) is 0.902. The second kappa shape index (κ2) is 6.35. The lowest BCUT2D eigenvalue weighted by Crippen LogP contribution is -1.89. The number of nitriles is 1. The molecule has 21 heavy (non-hydrogen) atoms. The van der Waals surface area contributed by atoms with Crippen LogP contribution in [-0.4, -0.2) is 11.1 Å². The molecule has 0 fully saturated rings. The Kier molecular flexibility index (Phi) is 4.32. The van der Waals surface area contributed by atoms with E-state index in [4.69, 9.17) is 15.1 Å². The Labute approximate surface area is 120 Å². The summed E-state index contributed by atoms with van der Waals surface area (Å²) < 4.78 is 19.0. The van der Waals surface area contributed by atoms with Gasteiger partial charge in [0.2, 0.25) is 0 Å². The third-order valence-electron chi connectivity index (χ3n) is 2.59. The first-order valence-electron chi connectivity index (χ1n) is 5.97. The van der Waals surface area contributed by atoms with E-state index < -0.39 is 11.8 Å². The first kappa shape index (κ1) is 14.3. The maximum Gasteiger partial charge on any atom is 0.328 e. The fourth-order valence-electron chi connectivity index (χ4n) is 1.59. The standard InChI is InChI=1S/C16H10FNO3/c17-14-9-12(10-18)3-7-15(14)21-13-5-1-11(2-6-13)4-8-16(19)20/h1-9H,(H,19,20)/b8-4+. The van der Waals surface area contributed by atoms with E-state index in [9.17, 15) is 9.18 Å². The van der Waals surface area contributed by atoms with E-state index in [-0.39, 0.29) is 11.3 Å². The first-order chi connectivity index (χ1) is 10.1. The van der Waals surface area contributed by atoms with Crippen molar-refractivity contribution in [2.45, 2.75) is 0 Å². The van der Waals surface area contributed by atoms with E-state index in [1.165, 1.54) is 18.2 Å². The average Bonchev–Trinajstić information content (AvgIpc) is 2.48. The molecule has 0 aromatic heterocycles. The van der Waals surface area contributed by atoms with E-state index in [1.807, 2.05) is 6.07 Å². The second-order valence-corrected chi connectivity index (χ2v) is 4.10. The third-order valence-corrected chi connectivity index (χ3v) is 2.59. The number of carboxylic acids is 1. The topological polar surface area (TPSA) is 70.3 Å². The van der Waals surface area contributed by atoms with Gasteiger partial charge in [-0.3, -0.25) is 0 Å². The number of halogens is 1. The highest BCUT2D eigenvalue weighted by Gasteiger charge is 2.06. The molecule has 0 aliphatic carbocycles. The lowest BCUT2D eigenvalue weighted by molar-refractivity contribution is -0.131. The zero-order valence-electron chi connectivity index (χ0n) is 10.8. The monoisotopic (exact) mass is 283 g/mol. The average molecular weight is 283 g/mol. The number of carboxylic acid groups (broad SMARTS) is 1. The van der Waals surface area contributed by atoms with Gasteiger partial charge in [-0.05, 0) is 42.0 Å². The molecule has 2 rings (SSSR count). The van der Waals surface area contributed by atoms with Gasteiger partial charge in [-0.15, -0.1) is 0 Å². The van der Waals surface area contributed by atoms with Gasteiger partial charge in [0, 0.05) is 6.08 Å². The molecule has 0 saturated carbocycles. The summed E-state index contributed by atoms with van der Waals surface area (Å²) >= 11 is 0. The molecule has 0 spiro atoms. The molecule has 0 unspecified atom stereocenters. The maximum absolute atomic E-state index is 13.7. The van der Waals surface area contributed by atoms with Gasteiger partial charge in [-0.1, -0.05) is 12.1 Å². The van der Waals surface area contributed by atoms with Crippen molar-refractivity contribution in [2.75, 3.05) is 0 Å². The number of hydrogen-bond donors (Lipinski definition) is 1. The van der Waals surface area contributed by atoms with Crippen LogP contribution in [0.4, 0.5) is 4.39 Å². The molecule has 5 heteroatoms. The van der Waals surface area contributed by atoms with Gasteiger partial charge < -0.3 is 9.84 Å². The molecule has 0 amide bonds. The summed E-state index contributed by atoms with van der Waals surface area (Å²) in [7, 11) is 0. The predicted molar refractivity (Wildman–Crippen MR) is 74.3 cm³/mol. The summed E-state index contributed by atoms with van der Waals surface area (Å²) in [6.07, 6.45) is 2.46. The normalized spacial score (nSPS) is 10.3. The smallest absolute Gasteiger partial charge is 0.328 e. The van der Waals surface area contributed by atoms with Crippen LogP contribution >= 0.6 is 0 Å². The van der Waals surface area contributed by atoms with Gasteiger partial charge in [-0.25, -0.2) is 9.18 Å². The van der Waals surface area contributed by atoms with E-state index in [0.717, 1.165) is 12.1 Å². The van der Waals surface area contributed by atoms with E-state index in [0.29, 0.717) is 11.3 Å². The van der Waals surface area contributed by atoms with Crippen molar-refractivity contribution in [3.63, 3.8) is 0 Å². The summed E-state index contributed by atoms with van der Waals surface area (Å²) in [5, 5.41) is 17.2. The van der Waals surface area contributed by atoms with Crippen LogP contribution in [0.5, 0.6) is 11.5 Å². The van der Waals surface area contributed by atoms with E-state index in [1.54, 1.807) is 24.3 Å². The highest BCUT2D eigenvalue weighted by molar-refractivity contribution is 5.85. The zero-order chi connectivity index (χ0) is 15.2. The molecule has 0 aliphatic rings. The van der Waals surface area contributed by atoms with E-state index in [2.05, 4.69) is 0 Å². The third kappa shape index (κ3) is 3.91. The van der Waals surface area contributed by atoms with Crippen LogP contribution in [0, 0.1) is 17.1 Å². The SMILES string of the molecule is N#Cc1ccc(Oc2ccc(/C=C/C(=O)O)cc2)c(F)c1. The summed E-state index contributed by atoms with van der Waals surface area (Å²) in [6, 6.07) is 12.3. The van der Waals surface area contributed by atoms with Crippen molar-refractivity contribution in [1.29, 1.82) is 5.26 Å². The minimum Gasteiger partial charge on any atom is -0.478 e. The van der Waals surface area contributed by atoms with Crippen LogP contribution in [0.15, 0.2) is 48.5 Å². The number of ether oxygens (including phenoxy) is 1. The Morgan fingerprint density at radius 2 is 1.95 bits per heavy atom. The lowest BCUT2D eigenvalue weighted by Gasteiger charge is -2.07. The van der Waals surface area contributed by atoms with Crippen molar-refractivity contribution in [1.82, 2.24) is 0 Å². The molecule has 0 radical (unpaired) electrons. The molecule has 1 N–H and O–H groups in total. The first-order valence-corrected chi connectivity index (χ1v) is 5.97. The Balaban J connectivity index is 2.14. The Morgan fingerprint density at radius 3 is 2.52 bits per heavy atom. The van der Waals surface area contributed by atoms with E-state index >= 15 is 0 Å². The van der Waals surface area contributed by atoms with Crippen LogP contribution in [0.2, 0.25) is 0 Å². The van der Waals surface area contributed by atoms with Crippen molar-refractivity contribution < 1.29 is 19.0 Å². The Morgan fingerprint density at radius 1 is 1.24 bits per heavy atom. The summed E-state index contributed by atoms with van der Waals surface area (Å²) in [4.78, 5) is 10.4. The number of aliphatic carboxylic acids is 1. The quantitative estimate of drug-likeness (QED) is 0.870. The summed E-state index contributed by atoms with van der Waals surface area (Å²) in [6.45, 7) is 0. The van der Waals surface area contributed by atoms with Crippen molar-refractivity contribution in [3.05, 3.63) is 65.5 Å². The highest BCUT2D eigenvalue weighted by atomic mass is 19.1. The van der Waals surface area contributed by atoms with Gasteiger partial charge in [0.15, 0.2) is 11.6 Å². The fourth-order valence-corrected chi connectivity index (χ4v) is 1.59. The summed E-state index contributed by atoms with van der Waals surface area (Å²) in [5.74, 6) is -1.23. The molecular formula is C16H10FNO3. The van der Waals surface area contributed by atoms with Gasteiger partial charge in [0.1, 0.15) is 5.75 Å². The Hall–Kier alpha value is -3.13. The minimum absolute atomic E-state index is 0.0165. The van der Waals surface area contributed by atoms with Gasteiger partial charge in [-0.2, -0.15) is 5.26 Å². The minimum atomic E-state index is -1.03. The molecule has 2 aromatic carbocycles. The Bertz CT molecular complexity index is 730. The number of hydrogen-bond acceptors (Lipinski definition) is 3. The number of nitrogens with zero attached hydrogens (tertiary/aromatic N) is 1. The van der Waals surface area contributed by atoms with Crippen LogP contribution < -0.4 is 4.74 Å². The van der Waals surface area contributed by atoms with Crippen LogP contribution in [0.25, 0.3) is 6.08 Å². The van der Waals surface area contributed by atoms with Gasteiger partial charge in [0.25, 0.3) is 0 Å². The highest BCUT2D eigenvalue weighted by Crippen LogP contribution is 2.25. The molecule has 0 bridgehead atoms. The second-order valence-electron chi connectivity index (χ2n) is 4.10. The van der Waals surface area contributed by atoms with Gasteiger partial charge >= 0.3 is 5.97 Å². The molecule has 2 aromatic rings. The fraction of sp³-hybridized carbons (Fsp3) is 0.